The second kappa shape index (κ2) is 5.98. The number of carbonyl (C=O) groups is 1. The predicted molar refractivity (Wildman–Crippen MR) is 55.3 cm³/mol. The van der Waals surface area contributed by atoms with Crippen molar-refractivity contribution in [3.63, 3.8) is 0 Å². The zero-order chi connectivity index (χ0) is 11.2. The lowest BCUT2D eigenvalue weighted by atomic mass is 9.93. The van der Waals surface area contributed by atoms with Crippen molar-refractivity contribution in [2.45, 2.75) is 39.2 Å². The molecule has 0 spiro atoms. The van der Waals surface area contributed by atoms with Crippen molar-refractivity contribution in [1.82, 2.24) is 4.90 Å². The number of piperidine rings is 1. The van der Waals surface area contributed by atoms with Crippen LogP contribution in [0.25, 0.3) is 0 Å². The summed E-state index contributed by atoms with van der Waals surface area (Å²) in [4.78, 5) is 12.6. The summed E-state index contributed by atoms with van der Waals surface area (Å²) in [5.41, 5.74) is -1.51. The van der Waals surface area contributed by atoms with Gasteiger partial charge in [0.1, 0.15) is 0 Å². The largest absolute Gasteiger partial charge is 0.479 e. The van der Waals surface area contributed by atoms with Crippen molar-refractivity contribution in [1.29, 1.82) is 0 Å². The first-order chi connectivity index (χ1) is 6.58. The fourth-order valence-electron chi connectivity index (χ4n) is 1.57. The molecule has 0 aliphatic carbocycles. The van der Waals surface area contributed by atoms with Gasteiger partial charge in [0.15, 0.2) is 5.60 Å². The van der Waals surface area contributed by atoms with Gasteiger partial charge in [-0.2, -0.15) is 0 Å². The average molecular weight is 203 g/mol. The molecule has 1 saturated heterocycles. The lowest BCUT2D eigenvalue weighted by Crippen LogP contribution is -2.52. The molecule has 14 heavy (non-hydrogen) atoms. The number of aliphatic carboxylic acids is 1. The van der Waals surface area contributed by atoms with Crippen molar-refractivity contribution in [3.8, 4) is 0 Å². The van der Waals surface area contributed by atoms with Gasteiger partial charge in [0.2, 0.25) is 0 Å². The van der Waals surface area contributed by atoms with Crippen LogP contribution in [-0.4, -0.2) is 46.3 Å². The Morgan fingerprint density at radius 3 is 2.50 bits per heavy atom. The first kappa shape index (κ1) is 13.4. The van der Waals surface area contributed by atoms with Gasteiger partial charge in [0.05, 0.1) is 0 Å². The molecule has 1 aliphatic heterocycles. The minimum atomic E-state index is -1.51. The molecule has 2 N–H and O–H groups in total. The molecule has 4 nitrogen and oxygen atoms in total. The minimum absolute atomic E-state index is 0.263. The van der Waals surface area contributed by atoms with Gasteiger partial charge in [-0.1, -0.05) is 20.8 Å². The van der Waals surface area contributed by atoms with Gasteiger partial charge in [0.25, 0.3) is 0 Å². The third-order valence-corrected chi connectivity index (χ3v) is 2.40. The fraction of sp³-hybridized carbons (Fsp3) is 0.900. The topological polar surface area (TPSA) is 60.8 Å². The zero-order valence-corrected chi connectivity index (χ0v) is 9.29. The third kappa shape index (κ3) is 3.27. The molecule has 0 radical (unpaired) electrons. The summed E-state index contributed by atoms with van der Waals surface area (Å²) in [6, 6.07) is 0. The number of hydrogen-bond acceptors (Lipinski definition) is 3. The average Bonchev–Trinajstić information content (AvgIpc) is 2.21. The number of likely N-dealkylation sites (tertiary alicyclic amines) is 1. The fourth-order valence-corrected chi connectivity index (χ4v) is 1.57. The summed E-state index contributed by atoms with van der Waals surface area (Å²) in [6.45, 7) is 7.92. The monoisotopic (exact) mass is 203 g/mol. The van der Waals surface area contributed by atoms with Crippen LogP contribution in [0.3, 0.4) is 0 Å². The van der Waals surface area contributed by atoms with E-state index >= 15 is 0 Å². The van der Waals surface area contributed by atoms with Crippen LogP contribution in [0.15, 0.2) is 0 Å². The Balaban J connectivity index is 0.000000791. The van der Waals surface area contributed by atoms with Crippen LogP contribution in [0.2, 0.25) is 0 Å². The maximum atomic E-state index is 10.7. The first-order valence-electron chi connectivity index (χ1n) is 5.26. The molecule has 1 atom stereocenters. The molecule has 1 rings (SSSR count). The summed E-state index contributed by atoms with van der Waals surface area (Å²) >= 11 is 0. The third-order valence-electron chi connectivity index (χ3n) is 2.40. The van der Waals surface area contributed by atoms with Gasteiger partial charge >= 0.3 is 5.97 Å². The molecule has 0 amide bonds. The van der Waals surface area contributed by atoms with Gasteiger partial charge in [0, 0.05) is 6.54 Å². The summed E-state index contributed by atoms with van der Waals surface area (Å²) < 4.78 is 0. The van der Waals surface area contributed by atoms with Gasteiger partial charge in [-0.15, -0.1) is 0 Å². The van der Waals surface area contributed by atoms with Crippen molar-refractivity contribution in [3.05, 3.63) is 0 Å². The molecule has 4 heteroatoms. The molecule has 0 aromatic carbocycles. The highest BCUT2D eigenvalue weighted by Gasteiger charge is 2.39. The van der Waals surface area contributed by atoms with E-state index in [0.717, 1.165) is 19.5 Å². The second-order valence-corrected chi connectivity index (χ2v) is 3.31. The molecule has 1 heterocycles. The normalized spacial score (nSPS) is 27.7. The quantitative estimate of drug-likeness (QED) is 0.701. The highest BCUT2D eigenvalue weighted by molar-refractivity contribution is 5.77. The number of aliphatic hydroxyl groups is 1. The van der Waals surface area contributed by atoms with Crippen LogP contribution in [0.5, 0.6) is 0 Å². The Hall–Kier alpha value is -0.610. The van der Waals surface area contributed by atoms with E-state index in [9.17, 15) is 9.90 Å². The Labute approximate surface area is 85.5 Å². The van der Waals surface area contributed by atoms with Crippen LogP contribution in [0.1, 0.15) is 33.6 Å². The Bertz CT molecular complexity index is 184. The van der Waals surface area contributed by atoms with Gasteiger partial charge in [-0.25, -0.2) is 4.79 Å². The number of nitrogens with zero attached hydrogens (tertiary/aromatic N) is 1. The van der Waals surface area contributed by atoms with E-state index in [2.05, 4.69) is 0 Å². The minimum Gasteiger partial charge on any atom is -0.479 e. The number of carboxylic acid groups (broad SMARTS) is 1. The molecule has 0 saturated carbocycles. The summed E-state index contributed by atoms with van der Waals surface area (Å²) in [7, 11) is 0. The van der Waals surface area contributed by atoms with Gasteiger partial charge < -0.3 is 15.1 Å². The number of β-amino-alcohol motifs (C(OH)–C–C–N with tert-alkyl or cyclic N) is 1. The maximum Gasteiger partial charge on any atom is 0.337 e. The molecular weight excluding hydrogens is 182 g/mol. The highest BCUT2D eigenvalue weighted by Crippen LogP contribution is 2.20. The van der Waals surface area contributed by atoms with E-state index in [1.807, 2.05) is 25.7 Å². The van der Waals surface area contributed by atoms with Crippen molar-refractivity contribution in [2.24, 2.45) is 0 Å². The Kier molecular flexibility index (Phi) is 5.72. The maximum absolute atomic E-state index is 10.7. The van der Waals surface area contributed by atoms with E-state index in [1.54, 1.807) is 0 Å². The van der Waals surface area contributed by atoms with Crippen molar-refractivity contribution in [2.75, 3.05) is 19.6 Å². The SMILES string of the molecule is CC.CCN1CCCC(O)(C(=O)O)C1. The van der Waals surface area contributed by atoms with E-state index in [1.165, 1.54) is 0 Å². The predicted octanol–water partition coefficient (Wildman–Crippen LogP) is 0.944. The molecule has 0 aromatic rings. The highest BCUT2D eigenvalue weighted by atomic mass is 16.4. The Morgan fingerprint density at radius 2 is 2.07 bits per heavy atom. The van der Waals surface area contributed by atoms with Gasteiger partial charge in [-0.3, -0.25) is 0 Å². The van der Waals surface area contributed by atoms with E-state index in [-0.39, 0.29) is 6.54 Å². The summed E-state index contributed by atoms with van der Waals surface area (Å²) in [5, 5.41) is 18.3. The number of rotatable bonds is 2. The molecule has 1 fully saturated rings. The smallest absolute Gasteiger partial charge is 0.337 e. The van der Waals surface area contributed by atoms with Crippen molar-refractivity contribution >= 4 is 5.97 Å². The number of carboxylic acids is 1. The Morgan fingerprint density at radius 1 is 1.50 bits per heavy atom. The van der Waals surface area contributed by atoms with Crippen LogP contribution < -0.4 is 0 Å². The molecule has 0 bridgehead atoms. The van der Waals surface area contributed by atoms with Gasteiger partial charge in [-0.05, 0) is 25.9 Å². The first-order valence-corrected chi connectivity index (χ1v) is 5.26. The lowest BCUT2D eigenvalue weighted by Gasteiger charge is -2.35. The van der Waals surface area contributed by atoms with Crippen LogP contribution >= 0.6 is 0 Å². The van der Waals surface area contributed by atoms with E-state index in [4.69, 9.17) is 5.11 Å². The zero-order valence-electron chi connectivity index (χ0n) is 9.29. The summed E-state index contributed by atoms with van der Waals surface area (Å²) in [5.74, 6) is -1.10. The lowest BCUT2D eigenvalue weighted by molar-refractivity contribution is -0.164. The molecule has 1 aliphatic rings. The summed E-state index contributed by atoms with van der Waals surface area (Å²) in [6.07, 6.45) is 1.13. The van der Waals surface area contributed by atoms with E-state index < -0.39 is 11.6 Å². The molecule has 84 valence electrons. The van der Waals surface area contributed by atoms with Crippen LogP contribution in [0.4, 0.5) is 0 Å². The second-order valence-electron chi connectivity index (χ2n) is 3.31. The molecular formula is C10H21NO3. The van der Waals surface area contributed by atoms with Crippen LogP contribution in [0, 0.1) is 0 Å². The van der Waals surface area contributed by atoms with E-state index in [0.29, 0.717) is 6.42 Å². The molecule has 1 unspecified atom stereocenters. The number of likely N-dealkylation sites (N-methyl/N-ethyl adjacent to an activating group) is 1. The standard InChI is InChI=1S/C8H15NO3.C2H6/c1-2-9-5-3-4-8(12,6-9)7(10)11;1-2/h12H,2-6H2,1H3,(H,10,11);1-2H3. The number of hydrogen-bond donors (Lipinski definition) is 2. The van der Waals surface area contributed by atoms with Crippen molar-refractivity contribution < 1.29 is 15.0 Å². The molecule has 0 aromatic heterocycles. The van der Waals surface area contributed by atoms with Crippen LogP contribution in [-0.2, 0) is 4.79 Å².